The van der Waals surface area contributed by atoms with Crippen molar-refractivity contribution in [2.45, 2.75) is 33.3 Å². The highest BCUT2D eigenvalue weighted by Crippen LogP contribution is 2.19. The molecular weight excluding hydrogens is 260 g/mol. The second-order valence-corrected chi connectivity index (χ2v) is 5.60. The molecule has 0 aliphatic carbocycles. The molecule has 0 spiro atoms. The highest BCUT2D eigenvalue weighted by atomic mass is 16.6. The molecule has 3 amide bonds. The van der Waals surface area contributed by atoms with Gasteiger partial charge in [-0.3, -0.25) is 4.90 Å². The van der Waals surface area contributed by atoms with Gasteiger partial charge in [0, 0.05) is 6.54 Å². The molecule has 108 valence electrons. The molecule has 0 atom stereocenters. The predicted molar refractivity (Wildman–Crippen MR) is 72.5 cm³/mol. The molecule has 1 aromatic heterocycles. The van der Waals surface area contributed by atoms with Gasteiger partial charge in [0.05, 0.1) is 12.2 Å². The third-order valence-electron chi connectivity index (χ3n) is 2.68. The average molecular weight is 278 g/mol. The Hall–Kier alpha value is -2.18. The summed E-state index contributed by atoms with van der Waals surface area (Å²) >= 11 is 0. The van der Waals surface area contributed by atoms with Crippen LogP contribution in [0.5, 0.6) is 0 Å². The molecule has 1 aliphatic rings. The highest BCUT2D eigenvalue weighted by Gasteiger charge is 2.37. The first-order chi connectivity index (χ1) is 9.28. The van der Waals surface area contributed by atoms with E-state index in [-0.39, 0.29) is 6.54 Å². The van der Waals surface area contributed by atoms with Crippen LogP contribution in [0.3, 0.4) is 0 Å². The fourth-order valence-electron chi connectivity index (χ4n) is 1.77. The minimum Gasteiger partial charge on any atom is -0.443 e. The van der Waals surface area contributed by atoms with E-state index in [2.05, 4.69) is 10.2 Å². The van der Waals surface area contributed by atoms with Crippen molar-refractivity contribution in [3.63, 3.8) is 0 Å². The average Bonchev–Trinajstić information content (AvgIpc) is 2.70. The van der Waals surface area contributed by atoms with Crippen LogP contribution in [0, 0.1) is 6.92 Å². The molecule has 1 aliphatic heterocycles. The molecule has 1 aromatic rings. The Morgan fingerprint density at radius 3 is 2.50 bits per heavy atom. The van der Waals surface area contributed by atoms with Crippen molar-refractivity contribution in [2.75, 3.05) is 18.0 Å². The van der Waals surface area contributed by atoms with Gasteiger partial charge in [0.2, 0.25) is 0 Å². The Morgan fingerprint density at radius 1 is 1.25 bits per heavy atom. The number of urea groups is 1. The first-order valence-corrected chi connectivity index (χ1v) is 6.40. The number of imide groups is 1. The smallest absolute Gasteiger partial charge is 0.418 e. The van der Waals surface area contributed by atoms with Gasteiger partial charge >= 0.3 is 12.1 Å². The normalized spacial score (nSPS) is 15.7. The maximum absolute atomic E-state index is 12.2. The zero-order chi connectivity index (χ0) is 14.9. The van der Waals surface area contributed by atoms with Crippen molar-refractivity contribution in [2.24, 2.45) is 0 Å². The van der Waals surface area contributed by atoms with E-state index in [0.717, 1.165) is 10.6 Å². The number of aryl methyl sites for hydroxylation is 1. The summed E-state index contributed by atoms with van der Waals surface area (Å²) in [5, 5.41) is 7.86. The first-order valence-electron chi connectivity index (χ1n) is 6.40. The second-order valence-electron chi connectivity index (χ2n) is 5.60. The molecule has 1 saturated heterocycles. The first kappa shape index (κ1) is 14.2. The topological polar surface area (TPSA) is 75.6 Å². The highest BCUT2D eigenvalue weighted by molar-refractivity contribution is 6.02. The SMILES string of the molecule is Cc1ccc(N2CCN(C(=O)OC(C)(C)C)C2=O)nn1. The van der Waals surface area contributed by atoms with Crippen LogP contribution in [0.4, 0.5) is 15.4 Å². The van der Waals surface area contributed by atoms with Gasteiger partial charge in [-0.05, 0) is 39.8 Å². The van der Waals surface area contributed by atoms with Gasteiger partial charge in [-0.15, -0.1) is 5.10 Å². The Balaban J connectivity index is 2.09. The van der Waals surface area contributed by atoms with Crippen molar-refractivity contribution < 1.29 is 14.3 Å². The summed E-state index contributed by atoms with van der Waals surface area (Å²) in [6, 6.07) is 3.04. The molecular formula is C13H18N4O3. The molecule has 2 rings (SSSR count). The number of aromatic nitrogens is 2. The number of rotatable bonds is 1. The zero-order valence-corrected chi connectivity index (χ0v) is 12.1. The Bertz CT molecular complexity index is 521. The maximum Gasteiger partial charge on any atom is 0.418 e. The Morgan fingerprint density at radius 2 is 1.95 bits per heavy atom. The lowest BCUT2D eigenvalue weighted by Crippen LogP contribution is -2.40. The number of hydrogen-bond donors (Lipinski definition) is 0. The van der Waals surface area contributed by atoms with Crippen molar-refractivity contribution in [3.8, 4) is 0 Å². The molecule has 0 unspecified atom stereocenters. The van der Waals surface area contributed by atoms with Crippen molar-refractivity contribution >= 4 is 17.9 Å². The standard InChI is InChI=1S/C13H18N4O3/c1-9-5-6-10(15-14-9)16-7-8-17(11(16)18)12(19)20-13(2,3)4/h5-6H,7-8H2,1-4H3. The van der Waals surface area contributed by atoms with Crippen LogP contribution in [0.1, 0.15) is 26.5 Å². The molecule has 1 fully saturated rings. The van der Waals surface area contributed by atoms with Crippen LogP contribution in [0.15, 0.2) is 12.1 Å². The van der Waals surface area contributed by atoms with Crippen LogP contribution < -0.4 is 4.90 Å². The monoisotopic (exact) mass is 278 g/mol. The summed E-state index contributed by atoms with van der Waals surface area (Å²) in [6.07, 6.45) is -0.634. The Kier molecular flexibility index (Phi) is 3.61. The van der Waals surface area contributed by atoms with E-state index in [4.69, 9.17) is 4.74 Å². The van der Waals surface area contributed by atoms with E-state index in [1.54, 1.807) is 32.9 Å². The number of hydrogen-bond acceptors (Lipinski definition) is 5. The molecule has 2 heterocycles. The summed E-state index contributed by atoms with van der Waals surface area (Å²) in [5.41, 5.74) is 0.137. The van der Waals surface area contributed by atoms with Crippen molar-refractivity contribution in [3.05, 3.63) is 17.8 Å². The molecule has 0 saturated carbocycles. The third kappa shape index (κ3) is 3.04. The van der Waals surface area contributed by atoms with Gasteiger partial charge in [-0.25, -0.2) is 14.5 Å². The molecule has 0 radical (unpaired) electrons. The summed E-state index contributed by atoms with van der Waals surface area (Å²) < 4.78 is 5.20. The minimum absolute atomic E-state index is 0.281. The van der Waals surface area contributed by atoms with Gasteiger partial charge in [0.15, 0.2) is 5.82 Å². The molecule has 0 aromatic carbocycles. The maximum atomic E-state index is 12.2. The quantitative estimate of drug-likeness (QED) is 0.785. The van der Waals surface area contributed by atoms with E-state index in [0.29, 0.717) is 12.4 Å². The molecule has 0 N–H and O–H groups in total. The number of carbonyl (C=O) groups excluding carboxylic acids is 2. The lowest BCUT2D eigenvalue weighted by molar-refractivity contribution is 0.0354. The minimum atomic E-state index is -0.634. The van der Waals surface area contributed by atoms with Gasteiger partial charge in [0.1, 0.15) is 5.60 Å². The molecule has 7 heteroatoms. The number of amides is 3. The van der Waals surface area contributed by atoms with E-state index in [1.165, 1.54) is 4.90 Å². The molecule has 7 nitrogen and oxygen atoms in total. The molecule has 0 bridgehead atoms. The summed E-state index contributed by atoms with van der Waals surface area (Å²) in [6.45, 7) is 7.76. The number of nitrogens with zero attached hydrogens (tertiary/aromatic N) is 4. The van der Waals surface area contributed by atoms with Crippen LogP contribution >= 0.6 is 0 Å². The van der Waals surface area contributed by atoms with Crippen LogP contribution in [-0.4, -0.2) is 45.9 Å². The number of ether oxygens (including phenoxy) is 1. The lowest BCUT2D eigenvalue weighted by Gasteiger charge is -2.23. The zero-order valence-electron chi connectivity index (χ0n) is 12.1. The predicted octanol–water partition coefficient (Wildman–Crippen LogP) is 1.96. The number of anilines is 1. The van der Waals surface area contributed by atoms with Crippen molar-refractivity contribution in [1.82, 2.24) is 15.1 Å². The summed E-state index contributed by atoms with van der Waals surface area (Å²) in [5.74, 6) is 0.437. The van der Waals surface area contributed by atoms with E-state index >= 15 is 0 Å². The third-order valence-corrected chi connectivity index (χ3v) is 2.68. The van der Waals surface area contributed by atoms with Crippen LogP contribution in [-0.2, 0) is 4.74 Å². The van der Waals surface area contributed by atoms with Gasteiger partial charge < -0.3 is 4.74 Å². The van der Waals surface area contributed by atoms with Crippen LogP contribution in [0.2, 0.25) is 0 Å². The fourth-order valence-corrected chi connectivity index (χ4v) is 1.77. The van der Waals surface area contributed by atoms with E-state index < -0.39 is 17.7 Å². The van der Waals surface area contributed by atoms with Crippen molar-refractivity contribution in [1.29, 1.82) is 0 Å². The van der Waals surface area contributed by atoms with E-state index in [9.17, 15) is 9.59 Å². The molecule has 20 heavy (non-hydrogen) atoms. The fraction of sp³-hybridized carbons (Fsp3) is 0.538. The Labute approximate surface area is 117 Å². The second kappa shape index (κ2) is 5.07. The van der Waals surface area contributed by atoms with Crippen LogP contribution in [0.25, 0.3) is 0 Å². The summed E-state index contributed by atoms with van der Waals surface area (Å²) in [4.78, 5) is 26.6. The number of carbonyl (C=O) groups is 2. The van der Waals surface area contributed by atoms with Gasteiger partial charge in [0.25, 0.3) is 0 Å². The van der Waals surface area contributed by atoms with Gasteiger partial charge in [-0.1, -0.05) is 0 Å². The van der Waals surface area contributed by atoms with Gasteiger partial charge in [-0.2, -0.15) is 5.10 Å². The largest absolute Gasteiger partial charge is 0.443 e. The lowest BCUT2D eigenvalue weighted by atomic mass is 10.2. The summed E-state index contributed by atoms with van der Waals surface area (Å²) in [7, 11) is 0. The van der Waals surface area contributed by atoms with E-state index in [1.807, 2.05) is 6.92 Å².